The molecule has 2 aromatic heterocycles. The van der Waals surface area contributed by atoms with Gasteiger partial charge in [0.15, 0.2) is 0 Å². The number of amidine groups is 1. The molecular weight excluding hydrogens is 522 g/mol. The molecule has 1 amide bonds. The van der Waals surface area contributed by atoms with Crippen molar-refractivity contribution in [3.63, 3.8) is 0 Å². The first kappa shape index (κ1) is 27.1. The monoisotopic (exact) mass is 559 g/mol. The van der Waals surface area contributed by atoms with E-state index in [0.29, 0.717) is 41.6 Å². The third-order valence-corrected chi connectivity index (χ3v) is 7.84. The third-order valence-electron chi connectivity index (χ3n) is 7.84. The summed E-state index contributed by atoms with van der Waals surface area (Å²) >= 11 is 0. The Morgan fingerprint density at radius 2 is 1.88 bits per heavy atom. The summed E-state index contributed by atoms with van der Waals surface area (Å²) in [6.45, 7) is 14.9. The first-order chi connectivity index (χ1) is 19.9. The number of rotatable bonds is 4. The normalized spacial score (nSPS) is 21.0. The molecule has 41 heavy (non-hydrogen) atoms. The molecule has 3 atom stereocenters. The van der Waals surface area contributed by atoms with E-state index in [9.17, 15) is 6.17 Å². The Kier molecular flexibility index (Phi) is 7.28. The van der Waals surface area contributed by atoms with Crippen LogP contribution in [0.15, 0.2) is 54.2 Å². The summed E-state index contributed by atoms with van der Waals surface area (Å²) in [5.74, 6) is -0.679. The van der Waals surface area contributed by atoms with Gasteiger partial charge in [0.1, 0.15) is 35.6 Å². The van der Waals surface area contributed by atoms with Crippen LogP contribution in [-0.2, 0) is 4.79 Å². The predicted octanol–water partition coefficient (Wildman–Crippen LogP) is 6.13. The fraction of sp³-hybridized carbons (Fsp3) is 0.375. The van der Waals surface area contributed by atoms with Gasteiger partial charge in [-0.1, -0.05) is 32.6 Å². The van der Waals surface area contributed by atoms with Gasteiger partial charge in [0.05, 0.1) is 18.3 Å². The molecule has 214 valence electrons. The minimum Gasteiger partial charge on any atom is -0.350 e. The number of aliphatic imine (C=N–C) groups is 1. The van der Waals surface area contributed by atoms with E-state index in [1.54, 1.807) is 35.1 Å². The molecule has 5 rings (SSSR count). The Morgan fingerprint density at radius 3 is 2.56 bits per heavy atom. The number of hydrogen-bond acceptors (Lipinski definition) is 6. The van der Waals surface area contributed by atoms with Crippen molar-refractivity contribution in [2.45, 2.75) is 59.5 Å². The van der Waals surface area contributed by atoms with E-state index in [0.717, 1.165) is 11.3 Å². The molecule has 0 aliphatic carbocycles. The lowest BCUT2D eigenvalue weighted by molar-refractivity contribution is -0.130. The zero-order chi connectivity index (χ0) is 30.5. The molecule has 0 N–H and O–H groups in total. The molecule has 9 heteroatoms. The summed E-state index contributed by atoms with van der Waals surface area (Å²) in [4.78, 5) is 32.1. The fourth-order valence-corrected chi connectivity index (χ4v) is 5.72. The lowest BCUT2D eigenvalue weighted by atomic mass is 9.99. The Balaban J connectivity index is 1.74. The maximum absolute atomic E-state index is 16.0. The highest BCUT2D eigenvalue weighted by Gasteiger charge is 2.37. The van der Waals surface area contributed by atoms with Crippen molar-refractivity contribution in [1.29, 1.82) is 0 Å². The number of carbonyl (C=O) groups is 1. The number of halogens is 2. The Morgan fingerprint density at radius 1 is 1.12 bits per heavy atom. The van der Waals surface area contributed by atoms with E-state index in [-0.39, 0.29) is 35.2 Å². The van der Waals surface area contributed by atoms with Crippen molar-refractivity contribution in [3.05, 3.63) is 83.2 Å². The largest absolute Gasteiger partial charge is 0.350 e. The summed E-state index contributed by atoms with van der Waals surface area (Å²) in [7, 11) is 0. The first-order valence-electron chi connectivity index (χ1n) is 14.4. The average Bonchev–Trinajstić information content (AvgIpc) is 2.94. The molecule has 7 nitrogen and oxygen atoms in total. The molecule has 2 aliphatic heterocycles. The first-order valence-corrected chi connectivity index (χ1v) is 13.8. The molecule has 0 saturated carbocycles. The second-order valence-corrected chi connectivity index (χ2v) is 11.1. The van der Waals surface area contributed by atoms with E-state index < -0.39 is 18.3 Å². The van der Waals surface area contributed by atoms with E-state index >= 15 is 8.78 Å². The number of hydrogen-bond donors (Lipinski definition) is 0. The zero-order valence-electron chi connectivity index (χ0n) is 25.3. The van der Waals surface area contributed by atoms with Crippen molar-refractivity contribution in [2.24, 2.45) is 4.99 Å². The van der Waals surface area contributed by atoms with Crippen LogP contribution in [-0.4, -0.2) is 63.3 Å². The van der Waals surface area contributed by atoms with Crippen molar-refractivity contribution in [2.75, 3.05) is 24.6 Å². The summed E-state index contributed by atoms with van der Waals surface area (Å²) in [6, 6.07) is 7.43. The number of fused-ring (bicyclic) bond motifs is 1. The molecule has 4 heterocycles. The minimum atomic E-state index is -1.17. The number of piperazine rings is 1. The SMILES string of the molecule is [2H]C1N=C(N2C[C@@H](C)N(C(=O)C=C)C[C@@H]2C)c2cc(F)c(-c3c(C)cccc3F)nc2N1c1c(C)ccnc1C(C)C. The van der Waals surface area contributed by atoms with Gasteiger partial charge in [-0.15, -0.1) is 0 Å². The second kappa shape index (κ2) is 11.0. The van der Waals surface area contributed by atoms with Gasteiger partial charge < -0.3 is 14.7 Å². The number of nitrogens with zero attached hydrogens (tertiary/aromatic N) is 6. The van der Waals surface area contributed by atoms with Crippen molar-refractivity contribution < 1.29 is 14.9 Å². The molecule has 0 bridgehead atoms. The van der Waals surface area contributed by atoms with Crippen molar-refractivity contribution >= 4 is 23.2 Å². The number of anilines is 2. The van der Waals surface area contributed by atoms with E-state index in [4.69, 9.17) is 9.98 Å². The van der Waals surface area contributed by atoms with Crippen LogP contribution in [0.5, 0.6) is 0 Å². The number of carbonyl (C=O) groups excluding carboxylic acids is 1. The lowest BCUT2D eigenvalue weighted by Gasteiger charge is -2.46. The van der Waals surface area contributed by atoms with Crippen molar-refractivity contribution in [3.8, 4) is 11.3 Å². The highest BCUT2D eigenvalue weighted by atomic mass is 19.1. The van der Waals surface area contributed by atoms with Gasteiger partial charge in [0, 0.05) is 36.9 Å². The van der Waals surface area contributed by atoms with Gasteiger partial charge in [-0.05, 0) is 69.0 Å². The highest BCUT2D eigenvalue weighted by Crippen LogP contribution is 2.40. The van der Waals surface area contributed by atoms with Gasteiger partial charge in [0.2, 0.25) is 5.91 Å². The minimum absolute atomic E-state index is 0.0194. The highest BCUT2D eigenvalue weighted by molar-refractivity contribution is 6.06. The average molecular weight is 560 g/mol. The topological polar surface area (TPSA) is 64.9 Å². The molecule has 1 saturated heterocycles. The van der Waals surface area contributed by atoms with Gasteiger partial charge in [-0.2, -0.15) is 0 Å². The third kappa shape index (κ3) is 4.98. The molecule has 0 radical (unpaired) electrons. The van der Waals surface area contributed by atoms with Crippen molar-refractivity contribution in [1.82, 2.24) is 19.8 Å². The fourth-order valence-electron chi connectivity index (χ4n) is 5.72. The van der Waals surface area contributed by atoms with Crippen LogP contribution >= 0.6 is 0 Å². The summed E-state index contributed by atoms with van der Waals surface area (Å²) < 4.78 is 40.4. The summed E-state index contributed by atoms with van der Waals surface area (Å²) in [6.07, 6.45) is 3.03. The van der Waals surface area contributed by atoms with Gasteiger partial charge >= 0.3 is 0 Å². The number of benzene rings is 1. The molecule has 0 spiro atoms. The molecule has 3 aromatic rings. The zero-order valence-corrected chi connectivity index (χ0v) is 24.3. The molecule has 1 fully saturated rings. The number of aromatic nitrogens is 2. The maximum Gasteiger partial charge on any atom is 0.246 e. The number of pyridine rings is 2. The summed E-state index contributed by atoms with van der Waals surface area (Å²) in [5, 5.41) is 0. The standard InChI is InChI=1S/C32H36F2N6O/c1-8-26(41)38-15-22(7)39(16-21(38)6)31-23-14-25(34)29(27-19(4)10-9-11-24(27)33)37-32(23)40(17-36-31)30-20(5)12-13-35-28(30)18(2)3/h8-14,18,21-22H,1,15-17H2,2-7H3/t21-,22+/m1/s1/i17D/t17?,21-,22+. The Hall–Kier alpha value is -4.14. The molecular formula is C32H36F2N6O. The van der Waals surface area contributed by atoms with Crippen LogP contribution in [0.4, 0.5) is 20.3 Å². The Labute approximate surface area is 241 Å². The molecule has 2 aliphatic rings. The van der Waals surface area contributed by atoms with E-state index in [1.165, 1.54) is 18.2 Å². The van der Waals surface area contributed by atoms with Crippen LogP contribution < -0.4 is 4.90 Å². The van der Waals surface area contributed by atoms with Crippen LogP contribution in [0.2, 0.25) is 0 Å². The quantitative estimate of drug-likeness (QED) is 0.360. The summed E-state index contributed by atoms with van der Waals surface area (Å²) in [5.41, 5.74) is 3.19. The van der Waals surface area contributed by atoms with E-state index in [1.807, 2.05) is 45.6 Å². The number of aryl methyl sites for hydroxylation is 2. The van der Waals surface area contributed by atoms with Crippen LogP contribution in [0.25, 0.3) is 11.3 Å². The lowest BCUT2D eigenvalue weighted by Crippen LogP contribution is -2.59. The van der Waals surface area contributed by atoms with E-state index in [2.05, 4.69) is 11.6 Å². The van der Waals surface area contributed by atoms with Crippen LogP contribution in [0.1, 0.15) is 57.4 Å². The molecule has 1 unspecified atom stereocenters. The van der Waals surface area contributed by atoms with Crippen LogP contribution in [0.3, 0.4) is 0 Å². The predicted molar refractivity (Wildman–Crippen MR) is 158 cm³/mol. The smallest absolute Gasteiger partial charge is 0.246 e. The van der Waals surface area contributed by atoms with Gasteiger partial charge in [0.25, 0.3) is 0 Å². The van der Waals surface area contributed by atoms with Gasteiger partial charge in [-0.3, -0.25) is 9.78 Å². The second-order valence-electron chi connectivity index (χ2n) is 11.1. The molecule has 1 aromatic carbocycles. The van der Waals surface area contributed by atoms with Crippen LogP contribution in [0, 0.1) is 25.5 Å². The van der Waals surface area contributed by atoms with Gasteiger partial charge in [-0.25, -0.2) is 18.8 Å². The number of amides is 1. The maximum atomic E-state index is 16.0. The Bertz CT molecular complexity index is 1570.